The minimum Gasteiger partial charge on any atom is -0.491 e. The van der Waals surface area contributed by atoms with Crippen molar-refractivity contribution in [2.75, 3.05) is 5.32 Å². The van der Waals surface area contributed by atoms with Crippen molar-refractivity contribution in [2.45, 2.75) is 26.9 Å². The molecule has 30 heavy (non-hydrogen) atoms. The van der Waals surface area contributed by atoms with E-state index < -0.39 is 5.91 Å². The van der Waals surface area contributed by atoms with Gasteiger partial charge in [-0.05, 0) is 68.8 Å². The van der Waals surface area contributed by atoms with Crippen LogP contribution in [0.4, 0.5) is 5.69 Å². The van der Waals surface area contributed by atoms with E-state index in [4.69, 9.17) is 9.15 Å². The number of ether oxygens (including phenoxy) is 1. The summed E-state index contributed by atoms with van der Waals surface area (Å²) >= 11 is 0. The molecule has 2 N–H and O–H groups in total. The van der Waals surface area contributed by atoms with Crippen LogP contribution in [0.25, 0.3) is 6.08 Å². The Bertz CT molecular complexity index is 1040. The lowest BCUT2D eigenvalue weighted by atomic mass is 10.1. The molecular formula is C24H24N2O4. The van der Waals surface area contributed by atoms with Crippen molar-refractivity contribution in [1.82, 2.24) is 5.32 Å². The standard InChI is InChI=1S/C24H24N2O4/c1-16(2)30-19-12-10-18(11-13-19)25-24(28)22(15-20-8-6-14-29-20)26-23(27)21-9-5-4-7-17(21)3/h4-16H,1-3H3,(H,25,28)(H,26,27)/b22-15-. The molecular weight excluding hydrogens is 380 g/mol. The van der Waals surface area contributed by atoms with Crippen LogP contribution >= 0.6 is 0 Å². The minimum atomic E-state index is -0.467. The van der Waals surface area contributed by atoms with Gasteiger partial charge in [0.15, 0.2) is 0 Å². The van der Waals surface area contributed by atoms with Gasteiger partial charge in [0.25, 0.3) is 11.8 Å². The molecule has 0 fully saturated rings. The number of benzene rings is 2. The lowest BCUT2D eigenvalue weighted by Gasteiger charge is -2.13. The summed E-state index contributed by atoms with van der Waals surface area (Å²) in [4.78, 5) is 25.6. The summed E-state index contributed by atoms with van der Waals surface area (Å²) < 4.78 is 10.9. The van der Waals surface area contributed by atoms with E-state index in [9.17, 15) is 9.59 Å². The average molecular weight is 404 g/mol. The molecule has 0 bridgehead atoms. The molecule has 6 heteroatoms. The maximum absolute atomic E-state index is 12.9. The van der Waals surface area contributed by atoms with Crippen molar-refractivity contribution in [3.05, 3.63) is 89.5 Å². The topological polar surface area (TPSA) is 80.6 Å². The first-order chi connectivity index (χ1) is 14.4. The molecule has 2 amide bonds. The first-order valence-corrected chi connectivity index (χ1v) is 9.62. The normalized spacial score (nSPS) is 11.3. The maximum atomic E-state index is 12.9. The van der Waals surface area contributed by atoms with Crippen LogP contribution in [0, 0.1) is 6.92 Å². The zero-order valence-electron chi connectivity index (χ0n) is 17.1. The van der Waals surface area contributed by atoms with Gasteiger partial charge in [-0.15, -0.1) is 0 Å². The van der Waals surface area contributed by atoms with Crippen molar-refractivity contribution < 1.29 is 18.7 Å². The zero-order chi connectivity index (χ0) is 21.5. The summed E-state index contributed by atoms with van der Waals surface area (Å²) in [7, 11) is 0. The molecule has 1 heterocycles. The smallest absolute Gasteiger partial charge is 0.272 e. The predicted molar refractivity (Wildman–Crippen MR) is 116 cm³/mol. The second-order valence-corrected chi connectivity index (χ2v) is 6.99. The zero-order valence-corrected chi connectivity index (χ0v) is 17.1. The van der Waals surface area contributed by atoms with E-state index in [-0.39, 0.29) is 17.7 Å². The van der Waals surface area contributed by atoms with Gasteiger partial charge in [-0.2, -0.15) is 0 Å². The van der Waals surface area contributed by atoms with Gasteiger partial charge in [-0.3, -0.25) is 9.59 Å². The van der Waals surface area contributed by atoms with Crippen molar-refractivity contribution in [2.24, 2.45) is 0 Å². The van der Waals surface area contributed by atoms with Crippen molar-refractivity contribution in [1.29, 1.82) is 0 Å². The highest BCUT2D eigenvalue weighted by Gasteiger charge is 2.17. The molecule has 1 aromatic heterocycles. The molecule has 0 aliphatic heterocycles. The Kier molecular flexibility index (Phi) is 6.70. The summed E-state index contributed by atoms with van der Waals surface area (Å²) in [6.45, 7) is 5.72. The summed E-state index contributed by atoms with van der Waals surface area (Å²) in [5.41, 5.74) is 1.95. The Morgan fingerprint density at radius 2 is 1.73 bits per heavy atom. The number of amides is 2. The highest BCUT2D eigenvalue weighted by atomic mass is 16.5. The van der Waals surface area contributed by atoms with Crippen LogP contribution in [0.3, 0.4) is 0 Å². The Labute approximate surface area is 175 Å². The van der Waals surface area contributed by atoms with E-state index in [1.165, 1.54) is 12.3 Å². The third kappa shape index (κ3) is 5.61. The molecule has 3 aromatic rings. The Balaban J connectivity index is 1.79. The summed E-state index contributed by atoms with van der Waals surface area (Å²) in [6, 6.07) is 17.6. The molecule has 0 unspecified atom stereocenters. The first kappa shape index (κ1) is 20.9. The predicted octanol–water partition coefficient (Wildman–Crippen LogP) is 4.78. The van der Waals surface area contributed by atoms with Crippen LogP contribution in [-0.4, -0.2) is 17.9 Å². The number of furan rings is 1. The molecule has 3 rings (SSSR count). The molecule has 154 valence electrons. The fourth-order valence-electron chi connectivity index (χ4n) is 2.78. The van der Waals surface area contributed by atoms with E-state index in [0.717, 1.165) is 5.56 Å². The number of rotatable bonds is 7. The van der Waals surface area contributed by atoms with Crippen LogP contribution in [0.1, 0.15) is 35.5 Å². The molecule has 0 aliphatic rings. The van der Waals surface area contributed by atoms with E-state index in [1.54, 1.807) is 48.5 Å². The van der Waals surface area contributed by atoms with Gasteiger partial charge in [0.2, 0.25) is 0 Å². The van der Waals surface area contributed by atoms with Crippen molar-refractivity contribution in [3.8, 4) is 5.75 Å². The van der Waals surface area contributed by atoms with Gasteiger partial charge in [0, 0.05) is 17.3 Å². The fourth-order valence-corrected chi connectivity index (χ4v) is 2.78. The minimum absolute atomic E-state index is 0.0601. The number of carbonyl (C=O) groups excluding carboxylic acids is 2. The molecule has 0 radical (unpaired) electrons. The number of anilines is 1. The summed E-state index contributed by atoms with van der Waals surface area (Å²) in [5.74, 6) is 0.320. The van der Waals surface area contributed by atoms with E-state index in [2.05, 4.69) is 10.6 Å². The van der Waals surface area contributed by atoms with Gasteiger partial charge in [-0.25, -0.2) is 0 Å². The Morgan fingerprint density at radius 1 is 1.00 bits per heavy atom. The molecule has 6 nitrogen and oxygen atoms in total. The SMILES string of the molecule is Cc1ccccc1C(=O)N/C(=C\c1ccco1)C(=O)Nc1ccc(OC(C)C)cc1. The van der Waals surface area contributed by atoms with E-state index >= 15 is 0 Å². The molecule has 0 atom stereocenters. The summed E-state index contributed by atoms with van der Waals surface area (Å²) in [6.07, 6.45) is 3.05. The summed E-state index contributed by atoms with van der Waals surface area (Å²) in [5, 5.41) is 5.48. The molecule has 0 saturated heterocycles. The van der Waals surface area contributed by atoms with E-state index in [1.807, 2.05) is 32.9 Å². The van der Waals surface area contributed by atoms with Crippen LogP contribution < -0.4 is 15.4 Å². The number of hydrogen-bond acceptors (Lipinski definition) is 4. The Hall–Kier alpha value is -3.80. The van der Waals surface area contributed by atoms with Crippen LogP contribution in [0.5, 0.6) is 5.75 Å². The highest BCUT2D eigenvalue weighted by molar-refractivity contribution is 6.10. The third-order valence-electron chi connectivity index (χ3n) is 4.20. The van der Waals surface area contributed by atoms with Crippen LogP contribution in [0.2, 0.25) is 0 Å². The van der Waals surface area contributed by atoms with Gasteiger partial charge in [0.1, 0.15) is 17.2 Å². The van der Waals surface area contributed by atoms with Crippen molar-refractivity contribution in [3.63, 3.8) is 0 Å². The highest BCUT2D eigenvalue weighted by Crippen LogP contribution is 2.18. The van der Waals surface area contributed by atoms with Gasteiger partial charge < -0.3 is 19.8 Å². The second kappa shape index (κ2) is 9.60. The van der Waals surface area contributed by atoms with Gasteiger partial charge >= 0.3 is 0 Å². The number of carbonyl (C=O) groups is 2. The average Bonchev–Trinajstić information content (AvgIpc) is 3.22. The number of hydrogen-bond donors (Lipinski definition) is 2. The Morgan fingerprint density at radius 3 is 2.37 bits per heavy atom. The third-order valence-corrected chi connectivity index (χ3v) is 4.20. The van der Waals surface area contributed by atoms with Crippen LogP contribution in [0.15, 0.2) is 77.0 Å². The number of nitrogens with one attached hydrogen (secondary N) is 2. The molecule has 0 aliphatic carbocycles. The lowest BCUT2D eigenvalue weighted by Crippen LogP contribution is -2.31. The number of aryl methyl sites for hydroxylation is 1. The van der Waals surface area contributed by atoms with Gasteiger partial charge in [-0.1, -0.05) is 18.2 Å². The monoisotopic (exact) mass is 404 g/mol. The lowest BCUT2D eigenvalue weighted by molar-refractivity contribution is -0.113. The molecule has 0 saturated carbocycles. The fraction of sp³-hybridized carbons (Fsp3) is 0.167. The van der Waals surface area contributed by atoms with E-state index in [0.29, 0.717) is 22.8 Å². The van der Waals surface area contributed by atoms with Crippen molar-refractivity contribution >= 4 is 23.6 Å². The second-order valence-electron chi connectivity index (χ2n) is 6.99. The quantitative estimate of drug-likeness (QED) is 0.555. The molecule has 2 aromatic carbocycles. The maximum Gasteiger partial charge on any atom is 0.272 e. The first-order valence-electron chi connectivity index (χ1n) is 9.62. The molecule has 0 spiro atoms. The van der Waals surface area contributed by atoms with Gasteiger partial charge in [0.05, 0.1) is 12.4 Å². The van der Waals surface area contributed by atoms with Crippen LogP contribution in [-0.2, 0) is 4.79 Å². The largest absolute Gasteiger partial charge is 0.491 e.